The molecular formula is C16H24N2O2. The van der Waals surface area contributed by atoms with Crippen molar-refractivity contribution in [2.24, 2.45) is 0 Å². The Bertz CT molecular complexity index is 440. The predicted octanol–water partition coefficient (Wildman–Crippen LogP) is 3.78. The summed E-state index contributed by atoms with van der Waals surface area (Å²) in [6.07, 6.45) is 12.8. The van der Waals surface area contributed by atoms with E-state index >= 15 is 0 Å². The molecular weight excluding hydrogens is 252 g/mol. The zero-order chi connectivity index (χ0) is 13.8. The summed E-state index contributed by atoms with van der Waals surface area (Å²) in [5.74, 6) is 1.31. The third kappa shape index (κ3) is 4.09. The van der Waals surface area contributed by atoms with E-state index in [1.54, 1.807) is 6.07 Å². The van der Waals surface area contributed by atoms with Gasteiger partial charge in [0.2, 0.25) is 0 Å². The van der Waals surface area contributed by atoms with Crippen LogP contribution >= 0.6 is 0 Å². The topological polar surface area (TPSA) is 55.1 Å². The predicted molar refractivity (Wildman–Crippen MR) is 76.7 cm³/mol. The molecule has 0 bridgehead atoms. The summed E-state index contributed by atoms with van der Waals surface area (Å²) in [6.45, 7) is 0. The van der Waals surface area contributed by atoms with Gasteiger partial charge in [-0.15, -0.1) is 0 Å². The van der Waals surface area contributed by atoms with Crippen LogP contribution in [0.1, 0.15) is 86.4 Å². The summed E-state index contributed by atoms with van der Waals surface area (Å²) in [5.41, 5.74) is 0.442. The molecule has 3 fully saturated rings. The van der Waals surface area contributed by atoms with Crippen molar-refractivity contribution in [3.05, 3.63) is 17.5 Å². The molecule has 0 aliphatic heterocycles. The van der Waals surface area contributed by atoms with Crippen molar-refractivity contribution >= 4 is 5.91 Å². The Balaban J connectivity index is 0.000000358. The van der Waals surface area contributed by atoms with Gasteiger partial charge in [-0.1, -0.05) is 43.7 Å². The van der Waals surface area contributed by atoms with Gasteiger partial charge in [-0.25, -0.2) is 0 Å². The number of rotatable bonds is 3. The van der Waals surface area contributed by atoms with Gasteiger partial charge in [0.15, 0.2) is 5.69 Å². The molecule has 0 aromatic carbocycles. The van der Waals surface area contributed by atoms with Crippen LogP contribution in [0.4, 0.5) is 0 Å². The highest BCUT2D eigenvalue weighted by atomic mass is 16.5. The van der Waals surface area contributed by atoms with E-state index in [4.69, 9.17) is 4.52 Å². The van der Waals surface area contributed by atoms with Crippen LogP contribution in [0, 0.1) is 0 Å². The standard InChI is InChI=1S/C13H18N2O2.C3H6/c16-13(14-10-4-2-1-3-5-10)11-8-12(17-15-11)9-6-7-9;1-2-3-1/h8-10H,1-7H2,(H,14,16);1-3H2. The fourth-order valence-corrected chi connectivity index (χ4v) is 2.46. The summed E-state index contributed by atoms with van der Waals surface area (Å²) in [7, 11) is 0. The summed E-state index contributed by atoms with van der Waals surface area (Å²) in [6, 6.07) is 2.13. The minimum Gasteiger partial charge on any atom is -0.360 e. The van der Waals surface area contributed by atoms with Crippen molar-refractivity contribution < 1.29 is 9.32 Å². The van der Waals surface area contributed by atoms with Crippen molar-refractivity contribution in [3.8, 4) is 0 Å². The normalized spacial score (nSPS) is 21.8. The lowest BCUT2D eigenvalue weighted by Crippen LogP contribution is -2.36. The zero-order valence-electron chi connectivity index (χ0n) is 12.1. The van der Waals surface area contributed by atoms with E-state index in [-0.39, 0.29) is 5.91 Å². The van der Waals surface area contributed by atoms with Gasteiger partial charge in [0, 0.05) is 18.0 Å². The van der Waals surface area contributed by atoms with Gasteiger partial charge in [0.1, 0.15) is 5.76 Å². The molecule has 1 aromatic rings. The van der Waals surface area contributed by atoms with Crippen LogP contribution in [0.2, 0.25) is 0 Å². The van der Waals surface area contributed by atoms with E-state index < -0.39 is 0 Å². The third-order valence-electron chi connectivity index (χ3n) is 4.03. The molecule has 4 heteroatoms. The summed E-state index contributed by atoms with van der Waals surface area (Å²) < 4.78 is 5.19. The Labute approximate surface area is 120 Å². The van der Waals surface area contributed by atoms with Crippen LogP contribution in [0.15, 0.2) is 10.6 Å². The minimum absolute atomic E-state index is 0.0763. The monoisotopic (exact) mass is 276 g/mol. The molecule has 4 nitrogen and oxygen atoms in total. The van der Waals surface area contributed by atoms with Crippen molar-refractivity contribution in [2.45, 2.75) is 76.2 Å². The van der Waals surface area contributed by atoms with Crippen LogP contribution in [0.5, 0.6) is 0 Å². The molecule has 1 amide bonds. The number of hydrogen-bond donors (Lipinski definition) is 1. The summed E-state index contributed by atoms with van der Waals surface area (Å²) >= 11 is 0. The third-order valence-corrected chi connectivity index (χ3v) is 4.03. The maximum absolute atomic E-state index is 11.9. The van der Waals surface area contributed by atoms with Gasteiger partial charge in [0.25, 0.3) is 5.91 Å². The maximum atomic E-state index is 11.9. The Hall–Kier alpha value is -1.32. The van der Waals surface area contributed by atoms with Gasteiger partial charge in [-0.3, -0.25) is 4.79 Å². The van der Waals surface area contributed by atoms with Crippen LogP contribution in [-0.4, -0.2) is 17.1 Å². The number of carbonyl (C=O) groups is 1. The zero-order valence-corrected chi connectivity index (χ0v) is 12.1. The van der Waals surface area contributed by atoms with E-state index in [1.807, 2.05) is 0 Å². The molecule has 4 rings (SSSR count). The first kappa shape index (κ1) is 13.7. The lowest BCUT2D eigenvalue weighted by molar-refractivity contribution is 0.0918. The van der Waals surface area contributed by atoms with E-state index in [0.717, 1.165) is 18.6 Å². The molecule has 0 spiro atoms. The first-order chi connectivity index (χ1) is 9.83. The Morgan fingerprint density at radius 3 is 2.30 bits per heavy atom. The van der Waals surface area contributed by atoms with Crippen LogP contribution in [0.25, 0.3) is 0 Å². The van der Waals surface area contributed by atoms with Crippen LogP contribution in [0.3, 0.4) is 0 Å². The molecule has 0 unspecified atom stereocenters. The highest BCUT2D eigenvalue weighted by Crippen LogP contribution is 2.40. The lowest BCUT2D eigenvalue weighted by atomic mass is 9.95. The summed E-state index contributed by atoms with van der Waals surface area (Å²) in [5, 5.41) is 6.90. The van der Waals surface area contributed by atoms with Crippen molar-refractivity contribution in [1.82, 2.24) is 10.5 Å². The largest absolute Gasteiger partial charge is 0.360 e. The van der Waals surface area contributed by atoms with Crippen molar-refractivity contribution in [1.29, 1.82) is 0 Å². The van der Waals surface area contributed by atoms with E-state index in [9.17, 15) is 4.79 Å². The Morgan fingerprint density at radius 2 is 1.70 bits per heavy atom. The second kappa shape index (κ2) is 6.42. The molecule has 110 valence electrons. The molecule has 0 saturated heterocycles. The number of nitrogens with one attached hydrogen (secondary N) is 1. The smallest absolute Gasteiger partial charge is 0.273 e. The SMILES string of the molecule is C1CC1.O=C(NC1CCCCC1)c1cc(C2CC2)on1. The van der Waals surface area contributed by atoms with Gasteiger partial charge in [0.05, 0.1) is 0 Å². The average molecular weight is 276 g/mol. The average Bonchev–Trinajstić information content (AvgIpc) is 3.38. The number of carbonyl (C=O) groups excluding carboxylic acids is 1. The molecule has 1 N–H and O–H groups in total. The van der Waals surface area contributed by atoms with E-state index in [0.29, 0.717) is 17.7 Å². The first-order valence-electron chi connectivity index (χ1n) is 8.10. The highest BCUT2D eigenvalue weighted by molar-refractivity contribution is 5.92. The van der Waals surface area contributed by atoms with Gasteiger partial charge in [-0.05, 0) is 25.7 Å². The molecule has 0 atom stereocenters. The number of amides is 1. The fraction of sp³-hybridized carbons (Fsp3) is 0.750. The van der Waals surface area contributed by atoms with Crippen LogP contribution in [-0.2, 0) is 0 Å². The quantitative estimate of drug-likeness (QED) is 0.914. The van der Waals surface area contributed by atoms with Crippen molar-refractivity contribution in [2.75, 3.05) is 0 Å². The molecule has 3 saturated carbocycles. The van der Waals surface area contributed by atoms with Crippen molar-refractivity contribution in [3.63, 3.8) is 0 Å². The molecule has 1 aromatic heterocycles. The lowest BCUT2D eigenvalue weighted by Gasteiger charge is -2.22. The fourth-order valence-electron chi connectivity index (χ4n) is 2.46. The molecule has 20 heavy (non-hydrogen) atoms. The van der Waals surface area contributed by atoms with Gasteiger partial charge in [-0.2, -0.15) is 0 Å². The van der Waals surface area contributed by atoms with Gasteiger partial charge < -0.3 is 9.84 Å². The second-order valence-corrected chi connectivity index (χ2v) is 6.26. The first-order valence-corrected chi connectivity index (χ1v) is 8.10. The second-order valence-electron chi connectivity index (χ2n) is 6.26. The van der Waals surface area contributed by atoms with E-state index in [2.05, 4.69) is 10.5 Å². The number of hydrogen-bond acceptors (Lipinski definition) is 3. The molecule has 0 radical (unpaired) electrons. The Morgan fingerprint density at radius 1 is 1.05 bits per heavy atom. The molecule has 3 aliphatic carbocycles. The highest BCUT2D eigenvalue weighted by Gasteiger charge is 2.29. The van der Waals surface area contributed by atoms with E-state index in [1.165, 1.54) is 51.4 Å². The van der Waals surface area contributed by atoms with Crippen LogP contribution < -0.4 is 5.32 Å². The summed E-state index contributed by atoms with van der Waals surface area (Å²) in [4.78, 5) is 11.9. The Kier molecular flexibility index (Phi) is 4.38. The number of aromatic nitrogens is 1. The maximum Gasteiger partial charge on any atom is 0.273 e. The molecule has 1 heterocycles. The minimum atomic E-state index is -0.0763. The molecule has 3 aliphatic rings. The van der Waals surface area contributed by atoms with Gasteiger partial charge >= 0.3 is 0 Å². The number of nitrogens with zero attached hydrogens (tertiary/aromatic N) is 1.